The summed E-state index contributed by atoms with van der Waals surface area (Å²) in [5, 5.41) is 13.3. The lowest BCUT2D eigenvalue weighted by molar-refractivity contribution is -0.402. The third-order valence-electron chi connectivity index (χ3n) is 3.53. The van der Waals surface area contributed by atoms with Crippen molar-refractivity contribution in [1.29, 1.82) is 0 Å². The van der Waals surface area contributed by atoms with E-state index in [0.717, 1.165) is 25.7 Å². The molecule has 7 heteroatoms. The molecule has 1 aromatic heterocycles. The summed E-state index contributed by atoms with van der Waals surface area (Å²) in [5.74, 6) is -0.548. The maximum absolute atomic E-state index is 11.9. The summed E-state index contributed by atoms with van der Waals surface area (Å²) >= 11 is 0. The molecule has 3 N–H and O–H groups in total. The minimum Gasteiger partial charge on any atom is -0.395 e. The van der Waals surface area contributed by atoms with Gasteiger partial charge in [0.25, 0.3) is 5.91 Å². The van der Waals surface area contributed by atoms with Crippen LogP contribution in [0.2, 0.25) is 0 Å². The fourth-order valence-corrected chi connectivity index (χ4v) is 2.52. The van der Waals surface area contributed by atoms with Gasteiger partial charge in [0.15, 0.2) is 5.76 Å². The Balaban J connectivity index is 2.00. The van der Waals surface area contributed by atoms with Crippen LogP contribution in [-0.2, 0) is 0 Å². The Labute approximate surface area is 110 Å². The van der Waals surface area contributed by atoms with Crippen molar-refractivity contribution in [3.05, 3.63) is 28.0 Å². The van der Waals surface area contributed by atoms with Crippen LogP contribution in [0.15, 0.2) is 16.5 Å². The van der Waals surface area contributed by atoms with Gasteiger partial charge >= 0.3 is 5.88 Å². The maximum Gasteiger partial charge on any atom is 0.433 e. The third-order valence-corrected chi connectivity index (χ3v) is 3.53. The average Bonchev–Trinajstić information content (AvgIpc) is 3.05. The molecule has 1 unspecified atom stereocenters. The van der Waals surface area contributed by atoms with Crippen LogP contribution in [0.5, 0.6) is 0 Å². The lowest BCUT2D eigenvalue weighted by Crippen LogP contribution is -2.44. The number of nitrogens with one attached hydrogen (secondary N) is 1. The number of carbonyl (C=O) groups is 1. The maximum atomic E-state index is 11.9. The van der Waals surface area contributed by atoms with E-state index in [2.05, 4.69) is 5.32 Å². The number of nitrogens with zero attached hydrogens (tertiary/aromatic N) is 1. The number of furan rings is 1. The highest BCUT2D eigenvalue weighted by Gasteiger charge is 2.27. The molecule has 0 saturated heterocycles. The van der Waals surface area contributed by atoms with Crippen molar-refractivity contribution in [3.8, 4) is 0 Å². The molecule has 1 aliphatic carbocycles. The molecule has 0 spiro atoms. The molecule has 1 aliphatic rings. The predicted octanol–water partition coefficient (Wildman–Crippen LogP) is 1.44. The first kappa shape index (κ1) is 13.5. The second-order valence-electron chi connectivity index (χ2n) is 4.76. The van der Waals surface area contributed by atoms with Crippen molar-refractivity contribution >= 4 is 11.8 Å². The zero-order chi connectivity index (χ0) is 13.8. The molecule has 0 bridgehead atoms. The molecule has 1 aromatic rings. The van der Waals surface area contributed by atoms with Crippen LogP contribution in [0.3, 0.4) is 0 Å². The second kappa shape index (κ2) is 5.83. The molecule has 7 nitrogen and oxygen atoms in total. The van der Waals surface area contributed by atoms with E-state index in [-0.39, 0.29) is 11.8 Å². The van der Waals surface area contributed by atoms with Crippen molar-refractivity contribution in [2.75, 3.05) is 6.54 Å². The minimum absolute atomic E-state index is 0.0526. The van der Waals surface area contributed by atoms with Gasteiger partial charge in [0.1, 0.15) is 4.92 Å². The summed E-state index contributed by atoms with van der Waals surface area (Å²) in [5.41, 5.74) is 5.68. The van der Waals surface area contributed by atoms with Gasteiger partial charge in [-0.1, -0.05) is 12.8 Å². The zero-order valence-corrected chi connectivity index (χ0v) is 10.5. The Morgan fingerprint density at radius 3 is 2.74 bits per heavy atom. The Bertz CT molecular complexity index is 465. The number of hydrogen-bond acceptors (Lipinski definition) is 5. The normalized spacial score (nSPS) is 17.3. The highest BCUT2D eigenvalue weighted by Crippen LogP contribution is 2.27. The highest BCUT2D eigenvalue weighted by atomic mass is 16.6. The molecule has 0 aromatic carbocycles. The lowest BCUT2D eigenvalue weighted by atomic mass is 9.98. The second-order valence-corrected chi connectivity index (χ2v) is 4.76. The van der Waals surface area contributed by atoms with Crippen LogP contribution >= 0.6 is 0 Å². The van der Waals surface area contributed by atoms with E-state index in [0.29, 0.717) is 12.5 Å². The largest absolute Gasteiger partial charge is 0.433 e. The summed E-state index contributed by atoms with van der Waals surface area (Å²) in [7, 11) is 0. The van der Waals surface area contributed by atoms with Crippen molar-refractivity contribution in [3.63, 3.8) is 0 Å². The molecule has 1 fully saturated rings. The van der Waals surface area contributed by atoms with E-state index in [4.69, 9.17) is 10.2 Å². The molecule has 0 radical (unpaired) electrons. The average molecular weight is 267 g/mol. The van der Waals surface area contributed by atoms with E-state index < -0.39 is 16.7 Å². The number of nitro groups is 1. The number of carbonyl (C=O) groups excluding carboxylic acids is 1. The van der Waals surface area contributed by atoms with Crippen LogP contribution in [0.4, 0.5) is 5.88 Å². The fraction of sp³-hybridized carbons (Fsp3) is 0.583. The predicted molar refractivity (Wildman–Crippen MR) is 67.6 cm³/mol. The Kier molecular flexibility index (Phi) is 4.16. The Morgan fingerprint density at radius 1 is 1.53 bits per heavy atom. The molecular formula is C12H17N3O4. The topological polar surface area (TPSA) is 111 Å². The van der Waals surface area contributed by atoms with Crippen molar-refractivity contribution in [2.24, 2.45) is 11.7 Å². The van der Waals surface area contributed by atoms with E-state index in [9.17, 15) is 14.9 Å². The summed E-state index contributed by atoms with van der Waals surface area (Å²) < 4.78 is 4.86. The molecule has 19 heavy (non-hydrogen) atoms. The highest BCUT2D eigenvalue weighted by molar-refractivity contribution is 5.91. The Hall–Kier alpha value is -1.89. The van der Waals surface area contributed by atoms with Crippen LogP contribution in [0.1, 0.15) is 36.2 Å². The van der Waals surface area contributed by atoms with Gasteiger partial charge in [0.2, 0.25) is 0 Å². The molecule has 1 heterocycles. The van der Waals surface area contributed by atoms with Crippen LogP contribution in [-0.4, -0.2) is 23.4 Å². The van der Waals surface area contributed by atoms with Gasteiger partial charge < -0.3 is 15.5 Å². The number of nitrogens with two attached hydrogens (primary N) is 1. The fourth-order valence-electron chi connectivity index (χ4n) is 2.52. The number of rotatable bonds is 5. The summed E-state index contributed by atoms with van der Waals surface area (Å²) in [6.07, 6.45) is 4.42. The van der Waals surface area contributed by atoms with E-state index in [1.165, 1.54) is 12.1 Å². The van der Waals surface area contributed by atoms with E-state index in [1.807, 2.05) is 0 Å². The minimum atomic E-state index is -0.672. The van der Waals surface area contributed by atoms with Crippen LogP contribution < -0.4 is 11.1 Å². The van der Waals surface area contributed by atoms with E-state index in [1.54, 1.807) is 0 Å². The molecule has 2 rings (SSSR count). The first-order valence-corrected chi connectivity index (χ1v) is 6.37. The van der Waals surface area contributed by atoms with Crippen LogP contribution in [0, 0.1) is 16.0 Å². The van der Waals surface area contributed by atoms with E-state index >= 15 is 0 Å². The summed E-state index contributed by atoms with van der Waals surface area (Å²) in [4.78, 5) is 21.7. The molecule has 1 saturated carbocycles. The van der Waals surface area contributed by atoms with Gasteiger partial charge in [-0.2, -0.15) is 0 Å². The number of hydrogen-bond donors (Lipinski definition) is 2. The summed E-state index contributed by atoms with van der Waals surface area (Å²) in [6, 6.07) is 2.37. The van der Waals surface area contributed by atoms with Gasteiger partial charge in [-0.3, -0.25) is 14.9 Å². The molecule has 1 atom stereocenters. The molecule has 1 amide bonds. The SMILES string of the molecule is NCC(NC(=O)c1ccc([N+](=O)[O-])o1)C1CCCC1. The lowest BCUT2D eigenvalue weighted by Gasteiger charge is -2.22. The zero-order valence-electron chi connectivity index (χ0n) is 10.5. The van der Waals surface area contributed by atoms with Crippen molar-refractivity contribution < 1.29 is 14.1 Å². The standard InChI is InChI=1S/C12H17N3O4/c13-7-9(8-3-1-2-4-8)14-12(16)10-5-6-11(19-10)15(17)18/h5-6,8-9H,1-4,7,13H2,(H,14,16). The quantitative estimate of drug-likeness (QED) is 0.619. The van der Waals surface area contributed by atoms with Crippen molar-refractivity contribution in [2.45, 2.75) is 31.7 Å². The molecule has 0 aliphatic heterocycles. The van der Waals surface area contributed by atoms with Crippen LogP contribution in [0.25, 0.3) is 0 Å². The first-order valence-electron chi connectivity index (χ1n) is 6.37. The first-order chi connectivity index (χ1) is 9.11. The monoisotopic (exact) mass is 267 g/mol. The molecular weight excluding hydrogens is 250 g/mol. The smallest absolute Gasteiger partial charge is 0.395 e. The van der Waals surface area contributed by atoms with Crippen molar-refractivity contribution in [1.82, 2.24) is 5.32 Å². The van der Waals surface area contributed by atoms with Gasteiger partial charge in [-0.05, 0) is 24.8 Å². The third kappa shape index (κ3) is 3.11. The molecule has 104 valence electrons. The van der Waals surface area contributed by atoms with Gasteiger partial charge in [0.05, 0.1) is 6.07 Å². The Morgan fingerprint density at radius 2 is 2.21 bits per heavy atom. The van der Waals surface area contributed by atoms with Gasteiger partial charge in [0, 0.05) is 12.6 Å². The van der Waals surface area contributed by atoms with Gasteiger partial charge in [-0.15, -0.1) is 0 Å². The number of amides is 1. The summed E-state index contributed by atoms with van der Waals surface area (Å²) in [6.45, 7) is 0.360. The van der Waals surface area contributed by atoms with Gasteiger partial charge in [-0.25, -0.2) is 0 Å².